The van der Waals surface area contributed by atoms with Gasteiger partial charge in [0.25, 0.3) is 5.91 Å². The largest absolute Gasteiger partial charge is 0.321 e. The van der Waals surface area contributed by atoms with Crippen LogP contribution in [0.15, 0.2) is 71.6 Å². The molecule has 150 valence electrons. The van der Waals surface area contributed by atoms with E-state index < -0.39 is 10.0 Å². The van der Waals surface area contributed by atoms with Crippen molar-refractivity contribution in [1.29, 1.82) is 0 Å². The van der Waals surface area contributed by atoms with Crippen LogP contribution in [0.25, 0.3) is 10.8 Å². The van der Waals surface area contributed by atoms with Gasteiger partial charge in [0.1, 0.15) is 0 Å². The van der Waals surface area contributed by atoms with Gasteiger partial charge in [-0.15, -0.1) is 0 Å². The van der Waals surface area contributed by atoms with Crippen LogP contribution in [-0.2, 0) is 10.0 Å². The number of anilines is 1. The molecule has 1 saturated heterocycles. The Kier molecular flexibility index (Phi) is 5.39. The second kappa shape index (κ2) is 7.97. The molecule has 0 spiro atoms. The second-order valence-corrected chi connectivity index (χ2v) is 9.36. The number of fused-ring (bicyclic) bond motifs is 1. The number of rotatable bonds is 4. The molecule has 1 aliphatic heterocycles. The van der Waals surface area contributed by atoms with Crippen molar-refractivity contribution in [1.82, 2.24) is 4.31 Å². The van der Waals surface area contributed by atoms with E-state index >= 15 is 0 Å². The Hall–Kier alpha value is -2.70. The van der Waals surface area contributed by atoms with Crippen LogP contribution >= 0.6 is 0 Å². The number of nitrogens with zero attached hydrogens (tertiary/aromatic N) is 1. The van der Waals surface area contributed by atoms with Gasteiger partial charge in [-0.2, -0.15) is 4.31 Å². The van der Waals surface area contributed by atoms with Crippen LogP contribution in [0.4, 0.5) is 5.69 Å². The Morgan fingerprint density at radius 1 is 0.966 bits per heavy atom. The predicted octanol–water partition coefficient (Wildman–Crippen LogP) is 4.66. The van der Waals surface area contributed by atoms with Crippen molar-refractivity contribution in [2.75, 3.05) is 11.9 Å². The van der Waals surface area contributed by atoms with E-state index in [0.717, 1.165) is 35.7 Å². The highest BCUT2D eigenvalue weighted by Crippen LogP contribution is 2.26. The van der Waals surface area contributed by atoms with E-state index in [9.17, 15) is 13.2 Å². The molecule has 1 fully saturated rings. The first-order valence-corrected chi connectivity index (χ1v) is 11.3. The molecule has 0 radical (unpaired) electrons. The first-order chi connectivity index (χ1) is 14.0. The number of carbonyl (C=O) groups is 1. The lowest BCUT2D eigenvalue weighted by atomic mass is 10.1. The number of hydrogen-bond donors (Lipinski definition) is 1. The van der Waals surface area contributed by atoms with Crippen molar-refractivity contribution in [3.63, 3.8) is 0 Å². The van der Waals surface area contributed by atoms with E-state index in [1.54, 1.807) is 16.4 Å². The highest BCUT2D eigenvalue weighted by molar-refractivity contribution is 7.89. The minimum atomic E-state index is -3.54. The number of sulfonamides is 1. The van der Waals surface area contributed by atoms with E-state index in [-0.39, 0.29) is 16.8 Å². The smallest absolute Gasteiger partial charge is 0.255 e. The summed E-state index contributed by atoms with van der Waals surface area (Å²) in [6.45, 7) is 2.50. The summed E-state index contributed by atoms with van der Waals surface area (Å²) in [5, 5.41) is 4.93. The molecule has 3 aromatic carbocycles. The van der Waals surface area contributed by atoms with E-state index in [0.29, 0.717) is 12.1 Å². The van der Waals surface area contributed by atoms with Crippen molar-refractivity contribution in [2.24, 2.45) is 0 Å². The Morgan fingerprint density at radius 2 is 1.69 bits per heavy atom. The van der Waals surface area contributed by atoms with Crippen molar-refractivity contribution < 1.29 is 13.2 Å². The molecule has 0 aromatic heterocycles. The van der Waals surface area contributed by atoms with Crippen LogP contribution in [0, 0.1) is 0 Å². The van der Waals surface area contributed by atoms with Crippen LogP contribution in [-0.4, -0.2) is 31.2 Å². The molecule has 1 N–H and O–H groups in total. The van der Waals surface area contributed by atoms with Crippen LogP contribution < -0.4 is 5.32 Å². The monoisotopic (exact) mass is 408 g/mol. The zero-order chi connectivity index (χ0) is 20.4. The molecule has 0 bridgehead atoms. The molecule has 0 saturated carbocycles. The molecule has 0 unspecified atom stereocenters. The maximum Gasteiger partial charge on any atom is 0.255 e. The summed E-state index contributed by atoms with van der Waals surface area (Å²) in [5.41, 5.74) is 1.15. The lowest BCUT2D eigenvalue weighted by Crippen LogP contribution is -2.41. The lowest BCUT2D eigenvalue weighted by molar-refractivity contribution is 0.102. The number of hydrogen-bond acceptors (Lipinski definition) is 3. The van der Waals surface area contributed by atoms with Gasteiger partial charge in [0.05, 0.1) is 4.90 Å². The van der Waals surface area contributed by atoms with Gasteiger partial charge in [0.2, 0.25) is 10.0 Å². The topological polar surface area (TPSA) is 66.5 Å². The maximum atomic E-state index is 12.9. The van der Waals surface area contributed by atoms with Crippen LogP contribution in [0.1, 0.15) is 36.5 Å². The minimum absolute atomic E-state index is 0.00286. The normalized spacial score (nSPS) is 17.9. The third-order valence-corrected chi connectivity index (χ3v) is 7.53. The molecule has 3 aromatic rings. The molecule has 1 atom stereocenters. The third-order valence-electron chi connectivity index (χ3n) is 5.50. The fourth-order valence-electron chi connectivity index (χ4n) is 3.87. The Labute approximate surface area is 171 Å². The molecule has 6 heteroatoms. The highest BCUT2D eigenvalue weighted by Gasteiger charge is 2.30. The average molecular weight is 409 g/mol. The summed E-state index contributed by atoms with van der Waals surface area (Å²) in [6.07, 6.45) is 2.82. The molecule has 1 amide bonds. The van der Waals surface area contributed by atoms with E-state index in [1.807, 2.05) is 49.4 Å². The lowest BCUT2D eigenvalue weighted by Gasteiger charge is -2.32. The zero-order valence-electron chi connectivity index (χ0n) is 16.3. The second-order valence-electron chi connectivity index (χ2n) is 7.47. The first kappa shape index (κ1) is 19.6. The molecule has 5 nitrogen and oxygen atoms in total. The zero-order valence-corrected chi connectivity index (χ0v) is 17.2. The number of amides is 1. The number of piperidine rings is 1. The van der Waals surface area contributed by atoms with E-state index in [4.69, 9.17) is 0 Å². The van der Waals surface area contributed by atoms with Gasteiger partial charge in [0, 0.05) is 29.2 Å². The molecule has 4 rings (SSSR count). The van der Waals surface area contributed by atoms with Gasteiger partial charge < -0.3 is 5.32 Å². The summed E-state index contributed by atoms with van der Waals surface area (Å²) in [4.78, 5) is 12.9. The van der Waals surface area contributed by atoms with Gasteiger partial charge in [-0.25, -0.2) is 8.42 Å². The van der Waals surface area contributed by atoms with Crippen molar-refractivity contribution in [3.05, 3.63) is 72.3 Å². The van der Waals surface area contributed by atoms with Gasteiger partial charge in [-0.05, 0) is 55.5 Å². The molecular formula is C23H24N2O3S. The summed E-state index contributed by atoms with van der Waals surface area (Å²) in [5.74, 6) is -0.267. The maximum absolute atomic E-state index is 12.9. The fraction of sp³-hybridized carbons (Fsp3) is 0.261. The first-order valence-electron chi connectivity index (χ1n) is 9.88. The van der Waals surface area contributed by atoms with Crippen LogP contribution in [0.5, 0.6) is 0 Å². The van der Waals surface area contributed by atoms with Crippen LogP contribution in [0.3, 0.4) is 0 Å². The molecule has 0 aliphatic carbocycles. The Morgan fingerprint density at radius 3 is 2.45 bits per heavy atom. The molecule has 1 heterocycles. The van der Waals surface area contributed by atoms with E-state index in [1.165, 1.54) is 12.1 Å². The molecule has 1 aliphatic rings. The van der Waals surface area contributed by atoms with Gasteiger partial charge >= 0.3 is 0 Å². The average Bonchev–Trinajstić information content (AvgIpc) is 2.74. The summed E-state index contributed by atoms with van der Waals surface area (Å²) < 4.78 is 27.5. The minimum Gasteiger partial charge on any atom is -0.321 e. The Bertz CT molecular complexity index is 1140. The quantitative estimate of drug-likeness (QED) is 0.683. The summed E-state index contributed by atoms with van der Waals surface area (Å²) in [7, 11) is -3.54. The Balaban J connectivity index is 1.55. The molecular weight excluding hydrogens is 384 g/mol. The van der Waals surface area contributed by atoms with Crippen molar-refractivity contribution >= 4 is 32.4 Å². The van der Waals surface area contributed by atoms with Crippen molar-refractivity contribution in [2.45, 2.75) is 37.1 Å². The highest BCUT2D eigenvalue weighted by atomic mass is 32.2. The predicted molar refractivity (Wildman–Crippen MR) is 116 cm³/mol. The van der Waals surface area contributed by atoms with Crippen molar-refractivity contribution in [3.8, 4) is 0 Å². The van der Waals surface area contributed by atoms with E-state index in [2.05, 4.69) is 5.32 Å². The third kappa shape index (κ3) is 3.91. The SMILES string of the molecule is C[C@@H]1CCCCN1S(=O)(=O)c1ccc(C(=O)Nc2cccc3ccccc23)cc1. The van der Waals surface area contributed by atoms with Gasteiger partial charge in [-0.1, -0.05) is 42.8 Å². The summed E-state index contributed by atoms with van der Waals surface area (Å²) in [6, 6.07) is 19.8. The summed E-state index contributed by atoms with van der Waals surface area (Å²) >= 11 is 0. The van der Waals surface area contributed by atoms with Gasteiger partial charge in [0.15, 0.2) is 0 Å². The number of benzene rings is 3. The standard InChI is InChI=1S/C23H24N2O3S/c1-17-7-4-5-16-25(17)29(27,28)20-14-12-19(13-15-20)23(26)24-22-11-6-9-18-8-2-3-10-21(18)22/h2-3,6,8-15,17H,4-5,7,16H2,1H3,(H,24,26)/t17-/m1/s1. The van der Waals surface area contributed by atoms with Gasteiger partial charge in [-0.3, -0.25) is 4.79 Å². The fourth-order valence-corrected chi connectivity index (χ4v) is 5.57. The number of nitrogens with one attached hydrogen (secondary N) is 1. The number of carbonyl (C=O) groups excluding carboxylic acids is 1. The molecule has 29 heavy (non-hydrogen) atoms. The van der Waals surface area contributed by atoms with Crippen LogP contribution in [0.2, 0.25) is 0 Å².